The third kappa shape index (κ3) is 3.69. The van der Waals surface area contributed by atoms with Crippen molar-refractivity contribution in [3.05, 3.63) is 0 Å². The second-order valence-corrected chi connectivity index (χ2v) is 5.57. The van der Waals surface area contributed by atoms with Gasteiger partial charge in [0, 0.05) is 13.7 Å². The molecule has 0 radical (unpaired) electrons. The minimum atomic E-state index is -0.412. The lowest BCUT2D eigenvalue weighted by Crippen LogP contribution is -2.65. The summed E-state index contributed by atoms with van der Waals surface area (Å²) in [5.74, 6) is 0.0692. The first-order valence-electron chi connectivity index (χ1n) is 7.06. The number of hydrogen-bond acceptors (Lipinski definition) is 3. The van der Waals surface area contributed by atoms with Gasteiger partial charge >= 0.3 is 0 Å². The number of nitrogens with zero attached hydrogens (tertiary/aromatic N) is 1. The molecule has 1 N–H and O–H groups in total. The van der Waals surface area contributed by atoms with Crippen molar-refractivity contribution in [2.75, 3.05) is 13.7 Å². The van der Waals surface area contributed by atoms with E-state index in [0.717, 1.165) is 6.42 Å². The van der Waals surface area contributed by atoms with Crippen LogP contribution >= 0.6 is 0 Å². The molecule has 3 unspecified atom stereocenters. The van der Waals surface area contributed by atoms with Crippen LogP contribution in [0.1, 0.15) is 40.5 Å². The Bertz CT molecular complexity index is 331. The highest BCUT2D eigenvalue weighted by atomic mass is 16.5. The molecule has 0 bridgehead atoms. The summed E-state index contributed by atoms with van der Waals surface area (Å²) in [6, 6.07) is -0.769. The van der Waals surface area contributed by atoms with Gasteiger partial charge in [-0.05, 0) is 19.3 Å². The van der Waals surface area contributed by atoms with Crippen LogP contribution in [0.15, 0.2) is 0 Å². The zero-order valence-corrected chi connectivity index (χ0v) is 12.6. The van der Waals surface area contributed by atoms with Gasteiger partial charge in [-0.25, -0.2) is 0 Å². The lowest BCUT2D eigenvalue weighted by Gasteiger charge is -2.41. The zero-order valence-electron chi connectivity index (χ0n) is 12.6. The lowest BCUT2D eigenvalue weighted by molar-refractivity contribution is -0.152. The number of carbonyl (C=O) groups excluding carboxylic acids is 2. The van der Waals surface area contributed by atoms with E-state index in [-0.39, 0.29) is 29.9 Å². The lowest BCUT2D eigenvalue weighted by atomic mass is 9.96. The Morgan fingerprint density at radius 2 is 1.95 bits per heavy atom. The van der Waals surface area contributed by atoms with Crippen LogP contribution in [-0.4, -0.2) is 48.6 Å². The third-order valence-corrected chi connectivity index (χ3v) is 3.61. The standard InChI is InChI=1S/C14H26N2O3/c1-6-7-11-13(17)15-12(9(2)3)14(18)16(11)8-10(4)19-5/h9-12H,6-8H2,1-5H3,(H,15,17). The molecule has 1 fully saturated rings. The van der Waals surface area contributed by atoms with E-state index in [2.05, 4.69) is 5.32 Å². The molecule has 1 heterocycles. The van der Waals surface area contributed by atoms with Gasteiger partial charge in [0.1, 0.15) is 12.1 Å². The van der Waals surface area contributed by atoms with E-state index in [1.165, 1.54) is 0 Å². The van der Waals surface area contributed by atoms with Crippen LogP contribution in [0.2, 0.25) is 0 Å². The molecule has 3 atom stereocenters. The van der Waals surface area contributed by atoms with Crippen LogP contribution in [0.5, 0.6) is 0 Å². The molecule has 5 heteroatoms. The summed E-state index contributed by atoms with van der Waals surface area (Å²) in [5, 5.41) is 2.85. The summed E-state index contributed by atoms with van der Waals surface area (Å²) < 4.78 is 5.23. The number of carbonyl (C=O) groups is 2. The van der Waals surface area contributed by atoms with Crippen molar-refractivity contribution in [2.45, 2.75) is 58.7 Å². The number of rotatable bonds is 6. The summed E-state index contributed by atoms with van der Waals surface area (Å²) in [7, 11) is 1.62. The zero-order chi connectivity index (χ0) is 14.6. The van der Waals surface area contributed by atoms with E-state index >= 15 is 0 Å². The van der Waals surface area contributed by atoms with Gasteiger partial charge in [-0.3, -0.25) is 9.59 Å². The minimum absolute atomic E-state index is 0.0111. The highest BCUT2D eigenvalue weighted by Crippen LogP contribution is 2.19. The molecule has 1 aliphatic heterocycles. The summed E-state index contributed by atoms with van der Waals surface area (Å²) >= 11 is 0. The Morgan fingerprint density at radius 3 is 2.42 bits per heavy atom. The predicted octanol–water partition coefficient (Wildman–Crippen LogP) is 1.17. The van der Waals surface area contributed by atoms with Crippen molar-refractivity contribution in [3.8, 4) is 0 Å². The molecule has 0 aromatic heterocycles. The number of methoxy groups -OCH3 is 1. The second kappa shape index (κ2) is 6.89. The van der Waals surface area contributed by atoms with Gasteiger partial charge < -0.3 is 15.0 Å². The molecule has 5 nitrogen and oxygen atoms in total. The quantitative estimate of drug-likeness (QED) is 0.788. The van der Waals surface area contributed by atoms with Crippen molar-refractivity contribution in [3.63, 3.8) is 0 Å². The van der Waals surface area contributed by atoms with Crippen LogP contribution in [0, 0.1) is 5.92 Å². The fraction of sp³-hybridized carbons (Fsp3) is 0.857. The smallest absolute Gasteiger partial charge is 0.246 e. The highest BCUT2D eigenvalue weighted by molar-refractivity contribution is 5.97. The Labute approximate surface area is 115 Å². The summed E-state index contributed by atoms with van der Waals surface area (Å²) in [6.07, 6.45) is 1.50. The molecule has 1 aliphatic rings. The van der Waals surface area contributed by atoms with Gasteiger partial charge in [-0.15, -0.1) is 0 Å². The Morgan fingerprint density at radius 1 is 1.32 bits per heavy atom. The van der Waals surface area contributed by atoms with Gasteiger partial charge in [-0.2, -0.15) is 0 Å². The average molecular weight is 270 g/mol. The third-order valence-electron chi connectivity index (χ3n) is 3.61. The van der Waals surface area contributed by atoms with E-state index in [9.17, 15) is 9.59 Å². The maximum absolute atomic E-state index is 12.5. The first-order chi connectivity index (χ1) is 8.92. The number of nitrogens with one attached hydrogen (secondary N) is 1. The summed E-state index contributed by atoms with van der Waals surface area (Å²) in [6.45, 7) is 8.29. The van der Waals surface area contributed by atoms with Crippen molar-refractivity contribution in [1.82, 2.24) is 10.2 Å². The topological polar surface area (TPSA) is 58.6 Å². The van der Waals surface area contributed by atoms with Gasteiger partial charge in [0.2, 0.25) is 11.8 Å². The Kier molecular flexibility index (Phi) is 5.79. The van der Waals surface area contributed by atoms with Crippen molar-refractivity contribution in [2.24, 2.45) is 5.92 Å². The van der Waals surface area contributed by atoms with E-state index in [4.69, 9.17) is 4.74 Å². The molecule has 19 heavy (non-hydrogen) atoms. The van der Waals surface area contributed by atoms with Gasteiger partial charge in [0.05, 0.1) is 6.10 Å². The summed E-state index contributed by atoms with van der Waals surface area (Å²) in [4.78, 5) is 26.4. The van der Waals surface area contributed by atoms with Crippen LogP contribution in [0.4, 0.5) is 0 Å². The highest BCUT2D eigenvalue weighted by Gasteiger charge is 2.41. The van der Waals surface area contributed by atoms with Crippen LogP contribution in [0.3, 0.4) is 0 Å². The number of hydrogen-bond donors (Lipinski definition) is 1. The molecule has 0 spiro atoms. The largest absolute Gasteiger partial charge is 0.380 e. The van der Waals surface area contributed by atoms with Crippen LogP contribution in [-0.2, 0) is 14.3 Å². The van der Waals surface area contributed by atoms with Crippen molar-refractivity contribution < 1.29 is 14.3 Å². The Hall–Kier alpha value is -1.10. The SMILES string of the molecule is CCCC1C(=O)NC(C(C)C)C(=O)N1CC(C)OC. The molecular weight excluding hydrogens is 244 g/mol. The molecule has 0 aliphatic carbocycles. The molecule has 1 rings (SSSR count). The fourth-order valence-electron chi connectivity index (χ4n) is 2.37. The second-order valence-electron chi connectivity index (χ2n) is 5.57. The summed E-state index contributed by atoms with van der Waals surface area (Å²) in [5.41, 5.74) is 0. The van der Waals surface area contributed by atoms with E-state index in [1.54, 1.807) is 12.0 Å². The van der Waals surface area contributed by atoms with Crippen molar-refractivity contribution in [1.29, 1.82) is 0 Å². The van der Waals surface area contributed by atoms with Crippen LogP contribution < -0.4 is 5.32 Å². The van der Waals surface area contributed by atoms with Gasteiger partial charge in [0.15, 0.2) is 0 Å². The molecule has 0 saturated carbocycles. The molecule has 0 aromatic carbocycles. The van der Waals surface area contributed by atoms with E-state index in [1.807, 2.05) is 27.7 Å². The molecule has 0 aromatic rings. The molecular formula is C14H26N2O3. The van der Waals surface area contributed by atoms with Gasteiger partial charge in [0.25, 0.3) is 0 Å². The number of piperazine rings is 1. The van der Waals surface area contributed by atoms with E-state index in [0.29, 0.717) is 13.0 Å². The monoisotopic (exact) mass is 270 g/mol. The van der Waals surface area contributed by atoms with E-state index < -0.39 is 6.04 Å². The normalized spacial score (nSPS) is 25.7. The molecule has 110 valence electrons. The first kappa shape index (κ1) is 16.0. The minimum Gasteiger partial charge on any atom is -0.380 e. The fourth-order valence-corrected chi connectivity index (χ4v) is 2.37. The maximum atomic E-state index is 12.5. The number of amides is 2. The average Bonchev–Trinajstić information content (AvgIpc) is 2.36. The first-order valence-corrected chi connectivity index (χ1v) is 7.06. The molecule has 1 saturated heterocycles. The maximum Gasteiger partial charge on any atom is 0.246 e. The Balaban J connectivity index is 2.92. The predicted molar refractivity (Wildman–Crippen MR) is 73.6 cm³/mol. The van der Waals surface area contributed by atoms with Crippen molar-refractivity contribution >= 4 is 11.8 Å². The molecule has 2 amide bonds. The van der Waals surface area contributed by atoms with Crippen LogP contribution in [0.25, 0.3) is 0 Å². The number of ether oxygens (including phenoxy) is 1. The van der Waals surface area contributed by atoms with Gasteiger partial charge in [-0.1, -0.05) is 27.2 Å².